The number of rotatable bonds is 4. The summed E-state index contributed by atoms with van der Waals surface area (Å²) in [5.74, 6) is 0. The van der Waals surface area contributed by atoms with Gasteiger partial charge in [0.1, 0.15) is 0 Å². The lowest BCUT2D eigenvalue weighted by molar-refractivity contribution is 0.837. The molecule has 5 heteroatoms. The van der Waals surface area contributed by atoms with E-state index in [9.17, 15) is 0 Å². The number of anilines is 1. The van der Waals surface area contributed by atoms with Gasteiger partial charge < -0.3 is 9.88 Å². The second-order valence-electron chi connectivity index (χ2n) is 4.58. The molecule has 3 rings (SSSR count). The van der Waals surface area contributed by atoms with E-state index >= 15 is 0 Å². The lowest BCUT2D eigenvalue weighted by Crippen LogP contribution is -2.07. The number of aromatic nitrogens is 3. The number of nitrogens with one attached hydrogen (secondary N) is 1. The highest BCUT2D eigenvalue weighted by Crippen LogP contribution is 2.24. The standard InChI is InChI=1S/C15H15ClN4/c1-19-8-2-4-13(19)11-17-14-10-12(16)5-6-15(14)20-9-3-7-18-20/h2-10,17H,11H2,1H3. The Hall–Kier alpha value is -2.20. The predicted octanol–water partition coefficient (Wildman–Crippen LogP) is 3.48. The number of halogens is 1. The molecule has 0 aliphatic heterocycles. The van der Waals surface area contributed by atoms with Gasteiger partial charge in [-0.1, -0.05) is 11.6 Å². The molecule has 1 N–H and O–H groups in total. The summed E-state index contributed by atoms with van der Waals surface area (Å²) in [6.45, 7) is 0.734. The van der Waals surface area contributed by atoms with Gasteiger partial charge in [0.25, 0.3) is 0 Å². The monoisotopic (exact) mass is 286 g/mol. The first-order valence-corrected chi connectivity index (χ1v) is 6.75. The van der Waals surface area contributed by atoms with Crippen molar-refractivity contribution < 1.29 is 0 Å². The highest BCUT2D eigenvalue weighted by molar-refractivity contribution is 6.31. The number of aryl methyl sites for hydroxylation is 1. The molecule has 0 atom stereocenters. The average molecular weight is 287 g/mol. The number of benzene rings is 1. The first kappa shape index (κ1) is 12.8. The minimum absolute atomic E-state index is 0.704. The van der Waals surface area contributed by atoms with Crippen LogP contribution >= 0.6 is 11.6 Å². The molecule has 3 aromatic rings. The maximum Gasteiger partial charge on any atom is 0.0877 e. The molecular weight excluding hydrogens is 272 g/mol. The van der Waals surface area contributed by atoms with Gasteiger partial charge >= 0.3 is 0 Å². The van der Waals surface area contributed by atoms with Gasteiger partial charge in [-0.3, -0.25) is 0 Å². The first-order chi connectivity index (χ1) is 9.74. The fourth-order valence-corrected chi connectivity index (χ4v) is 2.30. The molecule has 0 saturated heterocycles. The maximum absolute atomic E-state index is 6.10. The van der Waals surface area contributed by atoms with Crippen molar-refractivity contribution in [3.63, 3.8) is 0 Å². The van der Waals surface area contributed by atoms with Gasteiger partial charge in [-0.25, -0.2) is 4.68 Å². The Morgan fingerprint density at radius 2 is 2.10 bits per heavy atom. The Kier molecular flexibility index (Phi) is 3.48. The van der Waals surface area contributed by atoms with Gasteiger partial charge in [-0.15, -0.1) is 0 Å². The lowest BCUT2D eigenvalue weighted by atomic mass is 10.2. The predicted molar refractivity (Wildman–Crippen MR) is 81.3 cm³/mol. The second kappa shape index (κ2) is 5.43. The number of hydrogen-bond acceptors (Lipinski definition) is 2. The van der Waals surface area contributed by atoms with Crippen LogP contribution in [0.1, 0.15) is 5.69 Å². The van der Waals surface area contributed by atoms with Gasteiger partial charge in [-0.2, -0.15) is 5.10 Å². The largest absolute Gasteiger partial charge is 0.378 e. The van der Waals surface area contributed by atoms with Crippen molar-refractivity contribution in [2.45, 2.75) is 6.54 Å². The molecule has 0 bridgehead atoms. The van der Waals surface area contributed by atoms with Crippen molar-refractivity contribution >= 4 is 17.3 Å². The van der Waals surface area contributed by atoms with Crippen LogP contribution in [0.15, 0.2) is 55.0 Å². The van der Waals surface area contributed by atoms with Crippen molar-refractivity contribution in [1.29, 1.82) is 0 Å². The van der Waals surface area contributed by atoms with E-state index in [-0.39, 0.29) is 0 Å². The molecule has 4 nitrogen and oxygen atoms in total. The van der Waals surface area contributed by atoms with Gasteiger partial charge in [0, 0.05) is 36.4 Å². The second-order valence-corrected chi connectivity index (χ2v) is 5.01. The summed E-state index contributed by atoms with van der Waals surface area (Å²) in [5.41, 5.74) is 3.15. The third-order valence-electron chi connectivity index (χ3n) is 3.22. The fraction of sp³-hybridized carbons (Fsp3) is 0.133. The summed E-state index contributed by atoms with van der Waals surface area (Å²) < 4.78 is 3.91. The quantitative estimate of drug-likeness (QED) is 0.797. The van der Waals surface area contributed by atoms with Crippen LogP contribution in [0.3, 0.4) is 0 Å². The zero-order chi connectivity index (χ0) is 13.9. The molecule has 0 radical (unpaired) electrons. The van der Waals surface area contributed by atoms with Gasteiger partial charge in [0.05, 0.1) is 17.9 Å². The lowest BCUT2D eigenvalue weighted by Gasteiger charge is -2.13. The third-order valence-corrected chi connectivity index (χ3v) is 3.46. The highest BCUT2D eigenvalue weighted by atomic mass is 35.5. The van der Waals surface area contributed by atoms with Crippen molar-refractivity contribution in [2.24, 2.45) is 7.05 Å². The van der Waals surface area contributed by atoms with Crippen LogP contribution in [0.25, 0.3) is 5.69 Å². The summed E-state index contributed by atoms with van der Waals surface area (Å²) in [5, 5.41) is 8.39. The molecule has 102 valence electrons. The molecule has 0 unspecified atom stereocenters. The van der Waals surface area contributed by atoms with Gasteiger partial charge in [0.2, 0.25) is 0 Å². The van der Waals surface area contributed by atoms with Crippen LogP contribution in [-0.4, -0.2) is 14.3 Å². The first-order valence-electron chi connectivity index (χ1n) is 6.38. The molecule has 0 amide bonds. The zero-order valence-corrected chi connectivity index (χ0v) is 11.9. The van der Waals surface area contributed by atoms with Crippen molar-refractivity contribution in [3.8, 4) is 5.69 Å². The highest BCUT2D eigenvalue weighted by Gasteiger charge is 2.06. The molecule has 0 saturated carbocycles. The van der Waals surface area contributed by atoms with Crippen molar-refractivity contribution in [1.82, 2.24) is 14.3 Å². The van der Waals surface area contributed by atoms with E-state index in [1.165, 1.54) is 5.69 Å². The van der Waals surface area contributed by atoms with E-state index in [1.807, 2.05) is 54.5 Å². The molecule has 2 heterocycles. The summed E-state index contributed by atoms with van der Waals surface area (Å²) in [7, 11) is 2.03. The van der Waals surface area contributed by atoms with Crippen LogP contribution in [0.5, 0.6) is 0 Å². The van der Waals surface area contributed by atoms with Crippen LogP contribution < -0.4 is 5.32 Å². The van der Waals surface area contributed by atoms with E-state index in [4.69, 9.17) is 11.6 Å². The van der Waals surface area contributed by atoms with E-state index in [2.05, 4.69) is 21.0 Å². The van der Waals surface area contributed by atoms with Crippen LogP contribution in [-0.2, 0) is 13.6 Å². The minimum atomic E-state index is 0.704. The topological polar surface area (TPSA) is 34.8 Å². The third kappa shape index (κ3) is 2.56. The van der Waals surface area contributed by atoms with Crippen LogP contribution in [0.4, 0.5) is 5.69 Å². The molecule has 0 spiro atoms. The van der Waals surface area contributed by atoms with Crippen molar-refractivity contribution in [2.75, 3.05) is 5.32 Å². The fourth-order valence-electron chi connectivity index (χ4n) is 2.13. The summed E-state index contributed by atoms with van der Waals surface area (Å²) >= 11 is 6.10. The van der Waals surface area contributed by atoms with E-state index < -0.39 is 0 Å². The Morgan fingerprint density at radius 1 is 1.20 bits per heavy atom. The number of hydrogen-bond donors (Lipinski definition) is 1. The normalized spacial score (nSPS) is 10.7. The summed E-state index contributed by atoms with van der Waals surface area (Å²) in [6.07, 6.45) is 5.70. The summed E-state index contributed by atoms with van der Waals surface area (Å²) in [4.78, 5) is 0. The van der Waals surface area contributed by atoms with Gasteiger partial charge in [-0.05, 0) is 36.4 Å². The van der Waals surface area contributed by atoms with Crippen LogP contribution in [0, 0.1) is 0 Å². The molecule has 0 aliphatic carbocycles. The molecular formula is C15H15ClN4. The van der Waals surface area contributed by atoms with Crippen LogP contribution in [0.2, 0.25) is 5.02 Å². The minimum Gasteiger partial charge on any atom is -0.378 e. The maximum atomic E-state index is 6.10. The van der Waals surface area contributed by atoms with E-state index in [1.54, 1.807) is 6.20 Å². The summed E-state index contributed by atoms with van der Waals surface area (Å²) in [6, 6.07) is 11.8. The smallest absolute Gasteiger partial charge is 0.0877 e. The SMILES string of the molecule is Cn1cccc1CNc1cc(Cl)ccc1-n1cccn1. The van der Waals surface area contributed by atoms with E-state index in [0.29, 0.717) is 5.02 Å². The Labute approximate surface area is 122 Å². The zero-order valence-electron chi connectivity index (χ0n) is 11.1. The molecule has 2 aromatic heterocycles. The van der Waals surface area contributed by atoms with Gasteiger partial charge in [0.15, 0.2) is 0 Å². The Morgan fingerprint density at radius 3 is 2.80 bits per heavy atom. The molecule has 0 aliphatic rings. The van der Waals surface area contributed by atoms with Crippen molar-refractivity contribution in [3.05, 3.63) is 65.7 Å². The Bertz CT molecular complexity index is 700. The molecule has 1 aromatic carbocycles. The Balaban J connectivity index is 1.88. The molecule has 0 fully saturated rings. The van der Waals surface area contributed by atoms with E-state index in [0.717, 1.165) is 17.9 Å². The molecule has 20 heavy (non-hydrogen) atoms. The number of nitrogens with zero attached hydrogens (tertiary/aromatic N) is 3. The average Bonchev–Trinajstić information content (AvgIpc) is 3.08.